The summed E-state index contributed by atoms with van der Waals surface area (Å²) < 4.78 is 5.21. The molecule has 2 nitrogen and oxygen atoms in total. The van der Waals surface area contributed by atoms with Crippen LogP contribution in [0.3, 0.4) is 0 Å². The molecule has 632 valence electrons. The second kappa shape index (κ2) is 29.5. The molecule has 2 heterocycles. The zero-order chi connectivity index (χ0) is 89.0. The van der Waals surface area contributed by atoms with Crippen molar-refractivity contribution in [1.29, 1.82) is 0 Å². The minimum atomic E-state index is -0.608. The van der Waals surface area contributed by atoms with Gasteiger partial charge in [-0.1, -0.05) is 410 Å². The minimum Gasteiger partial charge on any atom is -0.310 e. The zero-order valence-corrected chi connectivity index (χ0v) is 76.4. The van der Waals surface area contributed by atoms with Crippen molar-refractivity contribution in [2.75, 3.05) is 9.80 Å². The van der Waals surface area contributed by atoms with Crippen LogP contribution in [0.4, 0.5) is 34.1 Å². The molecule has 20 aromatic carbocycles. The first-order valence-corrected chi connectivity index (χ1v) is 48.6. The van der Waals surface area contributed by atoms with Gasteiger partial charge in [-0.25, -0.2) is 0 Å². The van der Waals surface area contributed by atoms with Crippen molar-refractivity contribution < 1.29 is 0 Å². The third-order valence-electron chi connectivity index (χ3n) is 31.2. The van der Waals surface area contributed by atoms with E-state index in [9.17, 15) is 0 Å². The highest BCUT2D eigenvalue weighted by Gasteiger charge is 2.59. The van der Waals surface area contributed by atoms with E-state index < -0.39 is 21.7 Å². The molecule has 0 atom stereocenters. The first-order valence-electron chi connectivity index (χ1n) is 47.0. The summed E-state index contributed by atoms with van der Waals surface area (Å²) in [5, 5.41) is 5.20. The molecule has 6 aliphatic carbocycles. The van der Waals surface area contributed by atoms with Gasteiger partial charge in [0.15, 0.2) is 0 Å². The maximum absolute atomic E-state index is 2.55. The van der Waals surface area contributed by atoms with Crippen LogP contribution in [-0.4, -0.2) is 0 Å². The molecule has 0 radical (unpaired) electrons. The SMILES string of the molecule is CC1(C)c2ccccc2-c2ccc(N(c3ccc4c(c3)C3(c5ccccc5-4)c4ccccc4C(c4ccccc4)(c4ccccc4)c4ccccc43)c3ccc4c(c3)sc3ccccc34)cc21.CC1(C)c2ccccc2-c2ccc(N(c3ccc4c(c3)C3(c5ccccc5-4)c4ccccc4C(c4ccccc4)(c4ccccc4)c4ccccc43)c3ccc4sc5ccccc5c4c3)cc21. The van der Waals surface area contributed by atoms with Crippen molar-refractivity contribution in [2.45, 2.75) is 60.2 Å². The van der Waals surface area contributed by atoms with E-state index >= 15 is 0 Å². The molecule has 0 N–H and O–H groups in total. The number of nitrogens with zero attached hydrogens (tertiary/aromatic N) is 2. The fourth-order valence-corrected chi connectivity index (χ4v) is 27.9. The van der Waals surface area contributed by atoms with E-state index in [1.54, 1.807) is 0 Å². The van der Waals surface area contributed by atoms with Crippen molar-refractivity contribution in [2.24, 2.45) is 0 Å². The maximum Gasteiger partial charge on any atom is 0.0720 e. The molecule has 0 fully saturated rings. The van der Waals surface area contributed by atoms with E-state index in [2.05, 4.69) is 511 Å². The van der Waals surface area contributed by atoms with Gasteiger partial charge in [0.05, 0.1) is 21.7 Å². The van der Waals surface area contributed by atoms with Crippen LogP contribution in [0.25, 0.3) is 84.9 Å². The molecule has 2 aromatic heterocycles. The number of anilines is 6. The summed E-state index contributed by atoms with van der Waals surface area (Å²) in [6.07, 6.45) is 0. The third-order valence-corrected chi connectivity index (χ3v) is 33.5. The normalized spacial score (nSPS) is 15.1. The highest BCUT2D eigenvalue weighted by Crippen LogP contribution is 2.69. The Balaban J connectivity index is 0.000000136. The number of benzene rings is 20. The molecule has 22 aromatic rings. The van der Waals surface area contributed by atoms with Crippen LogP contribution in [-0.2, 0) is 32.5 Å². The second-order valence-electron chi connectivity index (χ2n) is 38.2. The van der Waals surface area contributed by atoms with Crippen LogP contribution in [0.2, 0.25) is 0 Å². The predicted molar refractivity (Wildman–Crippen MR) is 562 cm³/mol. The van der Waals surface area contributed by atoms with Gasteiger partial charge in [0.2, 0.25) is 0 Å². The summed E-state index contributed by atoms with van der Waals surface area (Å²) in [6.45, 7) is 9.53. The topological polar surface area (TPSA) is 6.48 Å². The van der Waals surface area contributed by atoms with Crippen molar-refractivity contribution in [3.63, 3.8) is 0 Å². The van der Waals surface area contributed by atoms with Crippen LogP contribution in [0.1, 0.15) is 139 Å². The highest BCUT2D eigenvalue weighted by atomic mass is 32.1. The van der Waals surface area contributed by atoms with Gasteiger partial charge in [0.1, 0.15) is 0 Å². The molecule has 0 saturated carbocycles. The molecular weight excluding hydrogens is 1650 g/mol. The Morgan fingerprint density at radius 1 is 0.149 bits per heavy atom. The fraction of sp³-hybridized carbons (Fsp3) is 0.0769. The molecule has 0 saturated heterocycles. The quantitative estimate of drug-likeness (QED) is 0.135. The van der Waals surface area contributed by atoms with Crippen LogP contribution in [0.5, 0.6) is 0 Å². The number of rotatable bonds is 10. The smallest absolute Gasteiger partial charge is 0.0720 e. The summed E-state index contributed by atoms with van der Waals surface area (Å²) in [5.41, 5.74) is 41.0. The highest BCUT2D eigenvalue weighted by molar-refractivity contribution is 7.26. The lowest BCUT2D eigenvalue weighted by Crippen LogP contribution is -2.44. The maximum atomic E-state index is 2.55. The monoisotopic (exact) mass is 1740 g/mol. The van der Waals surface area contributed by atoms with Crippen LogP contribution >= 0.6 is 22.7 Å². The summed E-state index contributed by atoms with van der Waals surface area (Å²) in [6, 6.07) is 179. The first kappa shape index (κ1) is 78.3. The van der Waals surface area contributed by atoms with Crippen molar-refractivity contribution >= 4 is 97.1 Å². The zero-order valence-electron chi connectivity index (χ0n) is 74.7. The van der Waals surface area contributed by atoms with Gasteiger partial charge in [-0.05, 0) is 247 Å². The Morgan fingerprint density at radius 3 is 0.754 bits per heavy atom. The Hall–Kier alpha value is -15.6. The van der Waals surface area contributed by atoms with Gasteiger partial charge < -0.3 is 9.80 Å². The summed E-state index contributed by atoms with van der Waals surface area (Å²) in [5.74, 6) is 0. The van der Waals surface area contributed by atoms with Gasteiger partial charge in [-0.15, -0.1) is 22.7 Å². The molecule has 0 unspecified atom stereocenters. The lowest BCUT2D eigenvalue weighted by Gasteiger charge is -2.50. The molecule has 134 heavy (non-hydrogen) atoms. The number of fused-ring (bicyclic) bond motifs is 30. The van der Waals surface area contributed by atoms with E-state index in [-0.39, 0.29) is 10.8 Å². The first-order chi connectivity index (χ1) is 66.0. The number of thiophene rings is 2. The molecule has 28 rings (SSSR count). The lowest BCUT2D eigenvalue weighted by molar-refractivity contribution is 0.623. The fourth-order valence-electron chi connectivity index (χ4n) is 25.7. The molecule has 2 spiro atoms. The van der Waals surface area contributed by atoms with Gasteiger partial charge in [0.25, 0.3) is 0 Å². The number of hydrogen-bond acceptors (Lipinski definition) is 4. The van der Waals surface area contributed by atoms with Gasteiger partial charge in [0, 0.05) is 85.3 Å². The standard InChI is InChI=1S/2C65H45NS/c1-63(2)53-26-12-9-23-47(53)49-36-33-45(40-59(49)63)66(44-35-38-62-52(39-44)51-25-11-18-32-61(51)67-62)46-34-37-50-48-24-10-13-27-54(48)65(60(50)41-46)57-30-16-14-28-55(57)64(42-19-5-3-6-20-42,43-21-7-4-8-22-43)56-29-15-17-31-58(56)65;1-63(2)53-26-12-9-23-47(53)49-36-33-44(39-59(49)63)66(46-35-38-52-51-25-11-18-32-61(51)67-62(52)41-46)45-34-37-50-48-24-10-13-27-54(48)65(60(50)40-45)57-30-16-14-28-55(57)64(42-19-5-3-6-20-42,43-21-7-4-8-22-43)56-29-15-17-31-58(56)65/h2*3-41H,1-2H3. The van der Waals surface area contributed by atoms with Crippen LogP contribution in [0.15, 0.2) is 473 Å². The molecular formula is C130H90N2S2. The van der Waals surface area contributed by atoms with E-state index in [1.807, 2.05) is 22.7 Å². The van der Waals surface area contributed by atoms with Crippen molar-refractivity contribution in [1.82, 2.24) is 0 Å². The largest absolute Gasteiger partial charge is 0.310 e. The van der Waals surface area contributed by atoms with Gasteiger partial charge in [-0.3, -0.25) is 0 Å². The lowest BCUT2D eigenvalue weighted by atomic mass is 9.51. The summed E-state index contributed by atoms with van der Waals surface area (Å²) in [4.78, 5) is 5.06. The van der Waals surface area contributed by atoms with Gasteiger partial charge in [-0.2, -0.15) is 0 Å². The van der Waals surface area contributed by atoms with E-state index in [0.29, 0.717) is 0 Å². The molecule has 0 bridgehead atoms. The second-order valence-corrected chi connectivity index (χ2v) is 40.4. The van der Waals surface area contributed by atoms with Gasteiger partial charge >= 0.3 is 0 Å². The number of hydrogen-bond donors (Lipinski definition) is 0. The van der Waals surface area contributed by atoms with E-state index in [4.69, 9.17) is 0 Å². The summed E-state index contributed by atoms with van der Waals surface area (Å²) in [7, 11) is 0. The minimum absolute atomic E-state index is 0.147. The average Bonchev–Trinajstić information content (AvgIpc) is 1.40. The van der Waals surface area contributed by atoms with E-state index in [0.717, 1.165) is 34.1 Å². The Labute approximate surface area is 790 Å². The van der Waals surface area contributed by atoms with Crippen LogP contribution in [0, 0.1) is 0 Å². The Bertz CT molecular complexity index is 8420. The Morgan fingerprint density at radius 2 is 0.381 bits per heavy atom. The molecule has 6 aliphatic rings. The molecule has 0 aliphatic heterocycles. The van der Waals surface area contributed by atoms with E-state index in [1.165, 1.54) is 196 Å². The predicted octanol–water partition coefficient (Wildman–Crippen LogP) is 33.8. The molecule has 4 heteroatoms. The summed E-state index contributed by atoms with van der Waals surface area (Å²) >= 11 is 3.75. The van der Waals surface area contributed by atoms with Crippen molar-refractivity contribution in [3.8, 4) is 44.5 Å². The third kappa shape index (κ3) is 10.7. The molecule has 0 amide bonds. The van der Waals surface area contributed by atoms with Crippen molar-refractivity contribution in [3.05, 3.63) is 584 Å². The Kier molecular flexibility index (Phi) is 17.2. The van der Waals surface area contributed by atoms with Crippen LogP contribution < -0.4 is 9.80 Å². The average molecular weight is 1740 g/mol.